The van der Waals surface area contributed by atoms with Crippen molar-refractivity contribution in [3.63, 3.8) is 0 Å². The molecule has 1 unspecified atom stereocenters. The van der Waals surface area contributed by atoms with Crippen LogP contribution in [0, 0.1) is 0 Å². The summed E-state index contributed by atoms with van der Waals surface area (Å²) >= 11 is 12.0. The van der Waals surface area contributed by atoms with E-state index in [4.69, 9.17) is 27.9 Å². The van der Waals surface area contributed by atoms with Gasteiger partial charge in [-0.3, -0.25) is 4.79 Å². The maximum Gasteiger partial charge on any atom is 0.261 e. The molecular weight excluding hydrogens is 359 g/mol. The summed E-state index contributed by atoms with van der Waals surface area (Å²) in [6.45, 7) is 9.89. The smallest absolute Gasteiger partial charge is 0.261 e. The summed E-state index contributed by atoms with van der Waals surface area (Å²) in [7, 11) is 3.78. The van der Waals surface area contributed by atoms with Gasteiger partial charge in [0.25, 0.3) is 5.91 Å². The number of ether oxygens (including phenoxy) is 1. The third-order valence-electron chi connectivity index (χ3n) is 3.51. The SMILES string of the molecule is C=C/C=C(/CNC(=O)C(CC)Oc1ccc(Cl)cc1Cl)C(=C)N(C)C. The first-order valence-corrected chi connectivity index (χ1v) is 8.63. The molecule has 1 rings (SSSR count). The van der Waals surface area contributed by atoms with Gasteiger partial charge in [-0.1, -0.05) is 55.4 Å². The van der Waals surface area contributed by atoms with Gasteiger partial charge in [0.15, 0.2) is 6.10 Å². The first-order chi connectivity index (χ1) is 11.8. The number of likely N-dealkylation sites (N-methyl/N-ethyl adjacent to an activating group) is 1. The van der Waals surface area contributed by atoms with Gasteiger partial charge in [-0.15, -0.1) is 0 Å². The Labute approximate surface area is 159 Å². The largest absolute Gasteiger partial charge is 0.479 e. The molecular formula is C19H24Cl2N2O2. The topological polar surface area (TPSA) is 41.6 Å². The Kier molecular flexibility index (Phi) is 8.59. The van der Waals surface area contributed by atoms with Crippen molar-refractivity contribution in [2.24, 2.45) is 0 Å². The lowest BCUT2D eigenvalue weighted by Crippen LogP contribution is -2.39. The molecule has 1 aromatic carbocycles. The molecule has 1 aromatic rings. The van der Waals surface area contributed by atoms with Crippen molar-refractivity contribution in [1.82, 2.24) is 10.2 Å². The van der Waals surface area contributed by atoms with Crippen LogP contribution in [0.5, 0.6) is 5.75 Å². The van der Waals surface area contributed by atoms with Gasteiger partial charge in [-0.2, -0.15) is 0 Å². The molecule has 1 amide bonds. The van der Waals surface area contributed by atoms with Crippen molar-refractivity contribution in [3.05, 3.63) is 64.8 Å². The Morgan fingerprint density at radius 1 is 1.40 bits per heavy atom. The second-order valence-electron chi connectivity index (χ2n) is 5.58. The summed E-state index contributed by atoms with van der Waals surface area (Å²) < 4.78 is 5.74. The maximum atomic E-state index is 12.5. The lowest BCUT2D eigenvalue weighted by Gasteiger charge is -2.21. The van der Waals surface area contributed by atoms with E-state index < -0.39 is 6.10 Å². The molecule has 1 N–H and O–H groups in total. The van der Waals surface area contributed by atoms with Gasteiger partial charge in [-0.25, -0.2) is 0 Å². The fourth-order valence-electron chi connectivity index (χ4n) is 2.03. The number of amides is 1. The molecule has 0 aliphatic heterocycles. The number of rotatable bonds is 9. The van der Waals surface area contributed by atoms with Gasteiger partial charge in [0.2, 0.25) is 0 Å². The number of hydrogen-bond acceptors (Lipinski definition) is 3. The van der Waals surface area contributed by atoms with E-state index in [9.17, 15) is 4.79 Å². The molecule has 1 atom stereocenters. The van der Waals surface area contributed by atoms with Crippen LogP contribution in [0.4, 0.5) is 0 Å². The van der Waals surface area contributed by atoms with Crippen LogP contribution in [0.25, 0.3) is 0 Å². The van der Waals surface area contributed by atoms with E-state index in [0.29, 0.717) is 28.8 Å². The molecule has 4 nitrogen and oxygen atoms in total. The third kappa shape index (κ3) is 6.48. The van der Waals surface area contributed by atoms with Crippen LogP contribution in [-0.2, 0) is 4.79 Å². The van der Waals surface area contributed by atoms with E-state index in [1.165, 1.54) is 0 Å². The molecule has 0 aromatic heterocycles. The van der Waals surface area contributed by atoms with E-state index in [-0.39, 0.29) is 5.91 Å². The predicted octanol–water partition coefficient (Wildman–Crippen LogP) is 4.45. The van der Waals surface area contributed by atoms with Crippen LogP contribution < -0.4 is 10.1 Å². The zero-order valence-corrected chi connectivity index (χ0v) is 16.3. The minimum absolute atomic E-state index is 0.227. The van der Waals surface area contributed by atoms with E-state index in [1.807, 2.05) is 32.0 Å². The minimum atomic E-state index is -0.656. The molecule has 6 heteroatoms. The summed E-state index contributed by atoms with van der Waals surface area (Å²) in [6, 6.07) is 4.89. The number of halogens is 2. The Morgan fingerprint density at radius 2 is 2.08 bits per heavy atom. The normalized spacial score (nSPS) is 12.3. The lowest BCUT2D eigenvalue weighted by molar-refractivity contribution is -0.127. The molecule has 0 saturated heterocycles. The molecule has 0 fully saturated rings. The van der Waals surface area contributed by atoms with Crippen molar-refractivity contribution in [2.75, 3.05) is 20.6 Å². The Hall–Kier alpha value is -1.91. The van der Waals surface area contributed by atoms with Crippen molar-refractivity contribution in [1.29, 1.82) is 0 Å². The van der Waals surface area contributed by atoms with E-state index in [1.54, 1.807) is 24.3 Å². The first kappa shape index (κ1) is 21.1. The number of carbonyl (C=O) groups excluding carboxylic acids is 1. The van der Waals surface area contributed by atoms with Gasteiger partial charge in [0.05, 0.1) is 5.02 Å². The average Bonchev–Trinajstić information content (AvgIpc) is 2.57. The molecule has 0 heterocycles. The fourth-order valence-corrected chi connectivity index (χ4v) is 2.48. The molecule has 0 saturated carbocycles. The van der Waals surface area contributed by atoms with Crippen LogP contribution in [0.2, 0.25) is 10.0 Å². The average molecular weight is 383 g/mol. The maximum absolute atomic E-state index is 12.5. The predicted molar refractivity (Wildman–Crippen MR) is 105 cm³/mol. The first-order valence-electron chi connectivity index (χ1n) is 7.87. The third-order valence-corrected chi connectivity index (χ3v) is 4.04. The Morgan fingerprint density at radius 3 is 2.60 bits per heavy atom. The van der Waals surface area contributed by atoms with Crippen LogP contribution in [0.3, 0.4) is 0 Å². The highest BCUT2D eigenvalue weighted by Gasteiger charge is 2.20. The van der Waals surface area contributed by atoms with E-state index in [2.05, 4.69) is 18.5 Å². The van der Waals surface area contributed by atoms with Gasteiger partial charge in [0, 0.05) is 31.4 Å². The molecule has 136 valence electrons. The van der Waals surface area contributed by atoms with Crippen LogP contribution >= 0.6 is 23.2 Å². The molecule has 0 radical (unpaired) electrons. The summed E-state index contributed by atoms with van der Waals surface area (Å²) in [5.74, 6) is 0.197. The standard InChI is InChI=1S/C19H24Cl2N2O2/c1-6-8-14(13(3)23(4)5)12-22-19(24)17(7-2)25-18-10-9-15(20)11-16(18)21/h6,8-11,17H,1,3,7,12H2,2,4-5H3,(H,22,24)/b14-8-. The van der Waals surface area contributed by atoms with Crippen molar-refractivity contribution < 1.29 is 9.53 Å². The van der Waals surface area contributed by atoms with E-state index in [0.717, 1.165) is 11.3 Å². The molecule has 0 aliphatic carbocycles. The van der Waals surface area contributed by atoms with Crippen LogP contribution in [-0.4, -0.2) is 37.6 Å². The Bertz CT molecular complexity index is 669. The summed E-state index contributed by atoms with van der Waals surface area (Å²) in [5, 5.41) is 3.75. The monoisotopic (exact) mass is 382 g/mol. The fraction of sp³-hybridized carbons (Fsp3) is 0.316. The number of hydrogen-bond donors (Lipinski definition) is 1. The Balaban J connectivity index is 2.77. The van der Waals surface area contributed by atoms with Crippen LogP contribution in [0.1, 0.15) is 13.3 Å². The summed E-state index contributed by atoms with van der Waals surface area (Å²) in [5.41, 5.74) is 1.67. The zero-order chi connectivity index (χ0) is 19.0. The lowest BCUT2D eigenvalue weighted by atomic mass is 10.1. The number of nitrogens with one attached hydrogen (secondary N) is 1. The van der Waals surface area contributed by atoms with Gasteiger partial charge >= 0.3 is 0 Å². The van der Waals surface area contributed by atoms with Gasteiger partial charge in [-0.05, 0) is 30.2 Å². The van der Waals surface area contributed by atoms with Crippen molar-refractivity contribution in [3.8, 4) is 5.75 Å². The summed E-state index contributed by atoms with van der Waals surface area (Å²) in [6.07, 6.45) is 3.33. The second-order valence-corrected chi connectivity index (χ2v) is 6.42. The summed E-state index contributed by atoms with van der Waals surface area (Å²) in [4.78, 5) is 14.3. The minimum Gasteiger partial charge on any atom is -0.479 e. The second kappa shape index (κ2) is 10.2. The molecule has 0 aliphatic rings. The number of allylic oxidation sites excluding steroid dienone is 2. The number of nitrogens with zero attached hydrogens (tertiary/aromatic N) is 1. The highest BCUT2D eigenvalue weighted by molar-refractivity contribution is 6.35. The number of benzene rings is 1. The highest BCUT2D eigenvalue weighted by atomic mass is 35.5. The van der Waals surface area contributed by atoms with Crippen LogP contribution in [0.15, 0.2) is 54.8 Å². The zero-order valence-electron chi connectivity index (χ0n) is 14.8. The quantitative estimate of drug-likeness (QED) is 0.641. The highest BCUT2D eigenvalue weighted by Crippen LogP contribution is 2.28. The number of carbonyl (C=O) groups is 1. The molecule has 0 bridgehead atoms. The van der Waals surface area contributed by atoms with Crippen molar-refractivity contribution >= 4 is 29.1 Å². The van der Waals surface area contributed by atoms with Gasteiger partial charge in [0.1, 0.15) is 5.75 Å². The molecule has 25 heavy (non-hydrogen) atoms. The van der Waals surface area contributed by atoms with Gasteiger partial charge < -0.3 is 15.0 Å². The van der Waals surface area contributed by atoms with E-state index >= 15 is 0 Å². The molecule has 0 spiro atoms. The van der Waals surface area contributed by atoms with Crippen molar-refractivity contribution in [2.45, 2.75) is 19.4 Å².